The number of nitrogens with one attached hydrogen (secondary N) is 2. The minimum absolute atomic E-state index is 0.405. The lowest BCUT2D eigenvalue weighted by Gasteiger charge is -2.22. The van der Waals surface area contributed by atoms with Crippen LogP contribution in [0.1, 0.15) is 39.4 Å². The van der Waals surface area contributed by atoms with Gasteiger partial charge in [-0.3, -0.25) is 0 Å². The molecule has 112 valence electrons. The van der Waals surface area contributed by atoms with Gasteiger partial charge in [0.2, 0.25) is 0 Å². The number of aromatic nitrogens is 2. The second-order valence-corrected chi connectivity index (χ2v) is 5.49. The van der Waals surface area contributed by atoms with E-state index >= 15 is 0 Å². The summed E-state index contributed by atoms with van der Waals surface area (Å²) in [6.07, 6.45) is 3.53. The molecule has 0 aliphatic carbocycles. The van der Waals surface area contributed by atoms with Crippen molar-refractivity contribution in [2.45, 2.75) is 46.1 Å². The van der Waals surface area contributed by atoms with E-state index in [4.69, 9.17) is 0 Å². The van der Waals surface area contributed by atoms with Crippen molar-refractivity contribution in [3.8, 4) is 0 Å². The zero-order chi connectivity index (χ0) is 14.4. The molecule has 2 rings (SSSR count). The van der Waals surface area contributed by atoms with Crippen LogP contribution in [-0.2, 0) is 6.42 Å². The zero-order valence-corrected chi connectivity index (χ0v) is 12.9. The molecule has 2 heterocycles. The molecule has 0 amide bonds. The maximum absolute atomic E-state index is 4.57. The van der Waals surface area contributed by atoms with Gasteiger partial charge in [0.1, 0.15) is 17.5 Å². The molecule has 20 heavy (non-hydrogen) atoms. The zero-order valence-electron chi connectivity index (χ0n) is 12.9. The molecule has 1 aliphatic rings. The number of hydrogen-bond acceptors (Lipinski definition) is 5. The number of likely N-dealkylation sites (tertiary alicyclic amines) is 1. The molecule has 5 nitrogen and oxygen atoms in total. The molecule has 0 spiro atoms. The SMILES string of the molecule is CCNc1cc(NC(C)CN2CCCC2)nc(CC)n1. The van der Waals surface area contributed by atoms with E-state index in [0.717, 1.165) is 37.0 Å². The second-order valence-electron chi connectivity index (χ2n) is 5.49. The summed E-state index contributed by atoms with van der Waals surface area (Å²) in [5.74, 6) is 2.73. The largest absolute Gasteiger partial charge is 0.370 e. The normalized spacial score (nSPS) is 17.1. The molecule has 0 aromatic carbocycles. The number of anilines is 2. The third-order valence-corrected chi connectivity index (χ3v) is 3.57. The number of rotatable bonds is 7. The third kappa shape index (κ3) is 4.34. The first-order valence-corrected chi connectivity index (χ1v) is 7.82. The van der Waals surface area contributed by atoms with Gasteiger partial charge in [-0.05, 0) is 39.8 Å². The van der Waals surface area contributed by atoms with Crippen molar-refractivity contribution in [3.05, 3.63) is 11.9 Å². The minimum atomic E-state index is 0.405. The highest BCUT2D eigenvalue weighted by Gasteiger charge is 2.15. The van der Waals surface area contributed by atoms with Gasteiger partial charge in [-0.15, -0.1) is 0 Å². The van der Waals surface area contributed by atoms with Crippen LogP contribution >= 0.6 is 0 Å². The van der Waals surface area contributed by atoms with Gasteiger partial charge >= 0.3 is 0 Å². The summed E-state index contributed by atoms with van der Waals surface area (Å²) in [5, 5.41) is 6.78. The standard InChI is InChI=1S/C15H27N5/c1-4-13-18-14(16-5-2)10-15(19-13)17-12(3)11-20-8-6-7-9-20/h10,12H,4-9,11H2,1-3H3,(H2,16,17,18,19). The third-order valence-electron chi connectivity index (χ3n) is 3.57. The summed E-state index contributed by atoms with van der Waals surface area (Å²) in [6.45, 7) is 10.8. The highest BCUT2D eigenvalue weighted by molar-refractivity contribution is 5.48. The fraction of sp³-hybridized carbons (Fsp3) is 0.733. The first kappa shape index (κ1) is 15.0. The smallest absolute Gasteiger partial charge is 0.132 e. The number of hydrogen-bond donors (Lipinski definition) is 2. The quantitative estimate of drug-likeness (QED) is 0.801. The Hall–Kier alpha value is -1.36. The van der Waals surface area contributed by atoms with Gasteiger partial charge in [0, 0.05) is 31.6 Å². The molecule has 1 aromatic heterocycles. The van der Waals surface area contributed by atoms with Gasteiger partial charge in [0.15, 0.2) is 0 Å². The van der Waals surface area contributed by atoms with Crippen LogP contribution in [0.4, 0.5) is 11.6 Å². The molecule has 1 saturated heterocycles. The number of nitrogens with zero attached hydrogens (tertiary/aromatic N) is 3. The van der Waals surface area contributed by atoms with Crippen LogP contribution in [0.2, 0.25) is 0 Å². The molecule has 1 fully saturated rings. The Morgan fingerprint density at radius 2 is 1.90 bits per heavy atom. The van der Waals surface area contributed by atoms with Crippen LogP contribution in [0.5, 0.6) is 0 Å². The highest BCUT2D eigenvalue weighted by Crippen LogP contribution is 2.14. The van der Waals surface area contributed by atoms with Gasteiger partial charge in [-0.2, -0.15) is 0 Å². The Morgan fingerprint density at radius 3 is 2.55 bits per heavy atom. The van der Waals surface area contributed by atoms with Gasteiger partial charge in [0.25, 0.3) is 0 Å². The summed E-state index contributed by atoms with van der Waals surface area (Å²) in [5.41, 5.74) is 0. The highest BCUT2D eigenvalue weighted by atomic mass is 15.2. The molecule has 1 aromatic rings. The minimum Gasteiger partial charge on any atom is -0.370 e. The van der Waals surface area contributed by atoms with Crippen molar-refractivity contribution < 1.29 is 0 Å². The van der Waals surface area contributed by atoms with Gasteiger partial charge in [-0.25, -0.2) is 9.97 Å². The average Bonchev–Trinajstić information content (AvgIpc) is 2.91. The Balaban J connectivity index is 1.97. The Morgan fingerprint density at radius 1 is 1.20 bits per heavy atom. The van der Waals surface area contributed by atoms with Crippen molar-refractivity contribution >= 4 is 11.6 Å². The molecule has 2 N–H and O–H groups in total. The van der Waals surface area contributed by atoms with Crippen LogP contribution in [0.3, 0.4) is 0 Å². The molecular weight excluding hydrogens is 250 g/mol. The van der Waals surface area contributed by atoms with Crippen LogP contribution in [0, 0.1) is 0 Å². The maximum atomic E-state index is 4.57. The first-order chi connectivity index (χ1) is 9.71. The van der Waals surface area contributed by atoms with E-state index in [1.54, 1.807) is 0 Å². The van der Waals surface area contributed by atoms with Crippen LogP contribution < -0.4 is 10.6 Å². The summed E-state index contributed by atoms with van der Waals surface area (Å²) < 4.78 is 0. The summed E-state index contributed by atoms with van der Waals surface area (Å²) >= 11 is 0. The van der Waals surface area contributed by atoms with Crippen molar-refractivity contribution in [2.24, 2.45) is 0 Å². The van der Waals surface area contributed by atoms with E-state index in [-0.39, 0.29) is 0 Å². The van der Waals surface area contributed by atoms with Crippen LogP contribution in [0.25, 0.3) is 0 Å². The van der Waals surface area contributed by atoms with E-state index in [1.165, 1.54) is 25.9 Å². The Kier molecular flexibility index (Phi) is 5.59. The maximum Gasteiger partial charge on any atom is 0.132 e. The van der Waals surface area contributed by atoms with Gasteiger partial charge in [0.05, 0.1) is 0 Å². The first-order valence-electron chi connectivity index (χ1n) is 7.82. The summed E-state index contributed by atoms with van der Waals surface area (Å²) in [4.78, 5) is 11.6. The van der Waals surface area contributed by atoms with Gasteiger partial charge in [-0.1, -0.05) is 6.92 Å². The van der Waals surface area contributed by atoms with E-state index in [1.807, 2.05) is 6.07 Å². The van der Waals surface area contributed by atoms with E-state index in [9.17, 15) is 0 Å². The summed E-state index contributed by atoms with van der Waals surface area (Å²) in [6, 6.07) is 2.41. The van der Waals surface area contributed by atoms with Crippen molar-refractivity contribution in [1.82, 2.24) is 14.9 Å². The second kappa shape index (κ2) is 7.43. The Labute approximate surface area is 122 Å². The van der Waals surface area contributed by atoms with Crippen LogP contribution in [-0.4, -0.2) is 47.1 Å². The molecule has 1 aliphatic heterocycles. The topological polar surface area (TPSA) is 53.1 Å². The fourth-order valence-electron chi connectivity index (χ4n) is 2.65. The molecule has 0 saturated carbocycles. The molecule has 5 heteroatoms. The van der Waals surface area contributed by atoms with Crippen molar-refractivity contribution in [2.75, 3.05) is 36.8 Å². The molecule has 0 radical (unpaired) electrons. The van der Waals surface area contributed by atoms with E-state index < -0.39 is 0 Å². The summed E-state index contributed by atoms with van der Waals surface area (Å²) in [7, 11) is 0. The van der Waals surface area contributed by atoms with E-state index in [2.05, 4.69) is 46.3 Å². The predicted molar refractivity (Wildman–Crippen MR) is 84.3 cm³/mol. The molecular formula is C15H27N5. The lowest BCUT2D eigenvalue weighted by Crippen LogP contribution is -2.33. The Bertz CT molecular complexity index is 415. The molecule has 1 unspecified atom stereocenters. The monoisotopic (exact) mass is 277 g/mol. The number of aryl methyl sites for hydroxylation is 1. The fourth-order valence-corrected chi connectivity index (χ4v) is 2.65. The lowest BCUT2D eigenvalue weighted by atomic mass is 10.3. The lowest BCUT2D eigenvalue weighted by molar-refractivity contribution is 0.327. The van der Waals surface area contributed by atoms with Crippen LogP contribution in [0.15, 0.2) is 6.07 Å². The van der Waals surface area contributed by atoms with Gasteiger partial charge < -0.3 is 15.5 Å². The van der Waals surface area contributed by atoms with Crippen molar-refractivity contribution in [1.29, 1.82) is 0 Å². The average molecular weight is 277 g/mol. The molecule has 0 bridgehead atoms. The van der Waals surface area contributed by atoms with Crippen molar-refractivity contribution in [3.63, 3.8) is 0 Å². The molecule has 1 atom stereocenters. The predicted octanol–water partition coefficient (Wildman–Crippen LogP) is 2.37. The van der Waals surface area contributed by atoms with E-state index in [0.29, 0.717) is 6.04 Å².